The molecule has 1 unspecified atom stereocenters. The van der Waals surface area contributed by atoms with Crippen molar-refractivity contribution in [3.05, 3.63) is 29.8 Å². The predicted octanol–water partition coefficient (Wildman–Crippen LogP) is 2.32. The molecule has 0 saturated heterocycles. The lowest BCUT2D eigenvalue weighted by Crippen LogP contribution is -2.19. The van der Waals surface area contributed by atoms with Crippen LogP contribution in [0, 0.1) is 5.92 Å². The van der Waals surface area contributed by atoms with E-state index in [4.69, 9.17) is 5.73 Å². The lowest BCUT2D eigenvalue weighted by Gasteiger charge is -2.22. The molecule has 18 heavy (non-hydrogen) atoms. The summed E-state index contributed by atoms with van der Waals surface area (Å²) in [4.78, 5) is 0.383. The van der Waals surface area contributed by atoms with Crippen LogP contribution >= 0.6 is 0 Å². The van der Waals surface area contributed by atoms with Crippen LogP contribution in [0.3, 0.4) is 0 Å². The third kappa shape index (κ3) is 2.93. The summed E-state index contributed by atoms with van der Waals surface area (Å²) in [5.74, 6) is 1.04. The van der Waals surface area contributed by atoms with Gasteiger partial charge in [0.25, 0.3) is 0 Å². The maximum atomic E-state index is 11.4. The van der Waals surface area contributed by atoms with Gasteiger partial charge in [-0.25, -0.2) is 8.42 Å². The third-order valence-electron chi connectivity index (χ3n) is 3.96. The summed E-state index contributed by atoms with van der Waals surface area (Å²) in [6.07, 6.45) is 6.32. The third-order valence-corrected chi connectivity index (χ3v) is 5.09. The fraction of sp³-hybridized carbons (Fsp3) is 0.571. The van der Waals surface area contributed by atoms with E-state index in [1.54, 1.807) is 12.1 Å². The second-order valence-corrected chi connectivity index (χ2v) is 7.24. The van der Waals surface area contributed by atoms with Crippen LogP contribution in [0.1, 0.15) is 37.2 Å². The van der Waals surface area contributed by atoms with Crippen LogP contribution in [-0.4, -0.2) is 21.2 Å². The number of hydrogen-bond acceptors (Lipinski definition) is 3. The van der Waals surface area contributed by atoms with Crippen molar-refractivity contribution in [2.45, 2.75) is 36.5 Å². The molecule has 1 aliphatic rings. The summed E-state index contributed by atoms with van der Waals surface area (Å²) in [5.41, 5.74) is 7.07. The lowest BCUT2D eigenvalue weighted by atomic mass is 9.85. The van der Waals surface area contributed by atoms with Gasteiger partial charge in [-0.2, -0.15) is 0 Å². The largest absolute Gasteiger partial charge is 0.330 e. The van der Waals surface area contributed by atoms with Crippen LogP contribution < -0.4 is 5.73 Å². The number of nitrogens with two attached hydrogens (primary N) is 1. The Hall–Kier alpha value is -0.870. The van der Waals surface area contributed by atoms with E-state index in [-0.39, 0.29) is 0 Å². The van der Waals surface area contributed by atoms with Gasteiger partial charge in [0, 0.05) is 6.26 Å². The summed E-state index contributed by atoms with van der Waals surface area (Å²) < 4.78 is 22.8. The van der Waals surface area contributed by atoms with Crippen molar-refractivity contribution in [2.24, 2.45) is 11.7 Å². The minimum Gasteiger partial charge on any atom is -0.330 e. The summed E-state index contributed by atoms with van der Waals surface area (Å²) in [6, 6.07) is 7.24. The second-order valence-electron chi connectivity index (χ2n) is 5.23. The molecule has 0 amide bonds. The molecule has 0 aliphatic heterocycles. The van der Waals surface area contributed by atoms with Gasteiger partial charge in [0.2, 0.25) is 0 Å². The van der Waals surface area contributed by atoms with Gasteiger partial charge < -0.3 is 5.73 Å². The molecule has 100 valence electrons. The van der Waals surface area contributed by atoms with Crippen LogP contribution in [0.5, 0.6) is 0 Å². The highest BCUT2D eigenvalue weighted by molar-refractivity contribution is 7.90. The van der Waals surface area contributed by atoms with Crippen molar-refractivity contribution in [3.63, 3.8) is 0 Å². The molecule has 0 spiro atoms. The lowest BCUT2D eigenvalue weighted by molar-refractivity contribution is 0.440. The molecule has 4 heteroatoms. The van der Waals surface area contributed by atoms with Crippen molar-refractivity contribution in [1.29, 1.82) is 0 Å². The molecule has 1 aromatic rings. The molecular weight excluding hydrogens is 246 g/mol. The molecular formula is C14H21NO2S. The number of sulfone groups is 1. The van der Waals surface area contributed by atoms with Crippen LogP contribution in [0.2, 0.25) is 0 Å². The Balaban J connectivity index is 2.21. The monoisotopic (exact) mass is 267 g/mol. The van der Waals surface area contributed by atoms with Crippen molar-refractivity contribution >= 4 is 9.84 Å². The van der Waals surface area contributed by atoms with Gasteiger partial charge in [-0.1, -0.05) is 25.0 Å². The zero-order valence-electron chi connectivity index (χ0n) is 10.8. The molecule has 1 atom stereocenters. The summed E-state index contributed by atoms with van der Waals surface area (Å²) >= 11 is 0. The topological polar surface area (TPSA) is 60.2 Å². The molecule has 1 fully saturated rings. The van der Waals surface area contributed by atoms with Gasteiger partial charge in [-0.15, -0.1) is 0 Å². The molecule has 0 heterocycles. The van der Waals surface area contributed by atoms with E-state index in [0.717, 1.165) is 0 Å². The number of hydrogen-bond donors (Lipinski definition) is 1. The van der Waals surface area contributed by atoms with Gasteiger partial charge in [0.05, 0.1) is 4.90 Å². The van der Waals surface area contributed by atoms with Crippen molar-refractivity contribution < 1.29 is 8.42 Å². The molecule has 0 aromatic heterocycles. The van der Waals surface area contributed by atoms with E-state index in [1.165, 1.54) is 37.5 Å². The number of benzene rings is 1. The molecule has 1 aliphatic carbocycles. The molecule has 2 N–H and O–H groups in total. The zero-order chi connectivity index (χ0) is 13.2. The highest BCUT2D eigenvalue weighted by Crippen LogP contribution is 2.36. The predicted molar refractivity (Wildman–Crippen MR) is 73.3 cm³/mol. The molecule has 2 rings (SSSR count). The zero-order valence-corrected chi connectivity index (χ0v) is 11.6. The average Bonchev–Trinajstić information content (AvgIpc) is 2.83. The van der Waals surface area contributed by atoms with Gasteiger partial charge in [0.1, 0.15) is 0 Å². The molecule has 0 radical (unpaired) electrons. The normalized spacial score (nSPS) is 19.0. The average molecular weight is 267 g/mol. The first-order valence-corrected chi connectivity index (χ1v) is 8.41. The molecule has 1 saturated carbocycles. The smallest absolute Gasteiger partial charge is 0.175 e. The summed E-state index contributed by atoms with van der Waals surface area (Å²) in [6.45, 7) is 0.642. The first-order chi connectivity index (χ1) is 8.52. The van der Waals surface area contributed by atoms with Crippen LogP contribution in [0.25, 0.3) is 0 Å². The van der Waals surface area contributed by atoms with Crippen molar-refractivity contribution in [2.75, 3.05) is 12.8 Å². The minimum absolute atomic E-state index is 0.376. The SMILES string of the molecule is CS(=O)(=O)c1ccc(C(CN)C2CCCC2)cc1. The van der Waals surface area contributed by atoms with Gasteiger partial charge in [-0.05, 0) is 48.9 Å². The maximum Gasteiger partial charge on any atom is 0.175 e. The number of rotatable bonds is 4. The second kappa shape index (κ2) is 5.41. The standard InChI is InChI=1S/C14H21NO2S/c1-18(16,17)13-8-6-12(7-9-13)14(10-15)11-4-2-3-5-11/h6-9,11,14H,2-5,10,15H2,1H3. The van der Waals surface area contributed by atoms with Gasteiger partial charge in [0.15, 0.2) is 9.84 Å². The highest BCUT2D eigenvalue weighted by Gasteiger charge is 2.25. The maximum absolute atomic E-state index is 11.4. The van der Waals surface area contributed by atoms with E-state index in [1.807, 2.05) is 12.1 Å². The van der Waals surface area contributed by atoms with Crippen LogP contribution in [0.15, 0.2) is 29.2 Å². The Labute approximate surface area is 109 Å². The van der Waals surface area contributed by atoms with Crippen molar-refractivity contribution in [3.8, 4) is 0 Å². The Morgan fingerprint density at radius 2 is 1.78 bits per heavy atom. The Bertz CT molecular complexity index is 487. The Morgan fingerprint density at radius 1 is 1.22 bits per heavy atom. The van der Waals surface area contributed by atoms with Crippen LogP contribution in [-0.2, 0) is 9.84 Å². The van der Waals surface area contributed by atoms with Crippen LogP contribution in [0.4, 0.5) is 0 Å². The van der Waals surface area contributed by atoms with Gasteiger partial charge in [-0.3, -0.25) is 0 Å². The van der Waals surface area contributed by atoms with E-state index < -0.39 is 9.84 Å². The Kier molecular flexibility index (Phi) is 4.07. The Morgan fingerprint density at radius 3 is 2.22 bits per heavy atom. The van der Waals surface area contributed by atoms with Gasteiger partial charge >= 0.3 is 0 Å². The first kappa shape index (κ1) is 13.6. The highest BCUT2D eigenvalue weighted by atomic mass is 32.2. The van der Waals surface area contributed by atoms with Crippen molar-refractivity contribution in [1.82, 2.24) is 0 Å². The summed E-state index contributed by atoms with van der Waals surface area (Å²) in [7, 11) is -3.10. The molecule has 3 nitrogen and oxygen atoms in total. The quantitative estimate of drug-likeness (QED) is 0.910. The van der Waals surface area contributed by atoms with E-state index in [0.29, 0.717) is 23.3 Å². The molecule has 0 bridgehead atoms. The fourth-order valence-electron chi connectivity index (χ4n) is 2.92. The van der Waals surface area contributed by atoms with E-state index >= 15 is 0 Å². The minimum atomic E-state index is -3.10. The van der Waals surface area contributed by atoms with E-state index in [2.05, 4.69) is 0 Å². The first-order valence-electron chi connectivity index (χ1n) is 6.52. The van der Waals surface area contributed by atoms with E-state index in [9.17, 15) is 8.42 Å². The molecule has 1 aromatic carbocycles. The fourth-order valence-corrected chi connectivity index (χ4v) is 3.55. The summed E-state index contributed by atoms with van der Waals surface area (Å²) in [5, 5.41) is 0.